The maximum absolute atomic E-state index is 13.5. The van der Waals surface area contributed by atoms with Crippen molar-refractivity contribution in [2.24, 2.45) is 0 Å². The number of nitro groups is 1. The molecule has 0 amide bonds. The molecule has 0 aliphatic carbocycles. The van der Waals surface area contributed by atoms with Crippen LogP contribution in [0, 0.1) is 22.9 Å². The first-order valence-electron chi connectivity index (χ1n) is 4.08. The number of rotatable bonds is 3. The van der Waals surface area contributed by atoms with E-state index in [9.17, 15) is 14.5 Å². The van der Waals surface area contributed by atoms with Crippen LogP contribution in [-0.4, -0.2) is 19.1 Å². The van der Waals surface area contributed by atoms with Crippen LogP contribution in [0.5, 0.6) is 11.5 Å². The molecule has 0 heterocycles. The zero-order chi connectivity index (χ0) is 11.6. The predicted octanol–water partition coefficient (Wildman–Crippen LogP) is 2.06. The second-order valence-electron chi connectivity index (χ2n) is 2.83. The molecule has 0 N–H and O–H groups in total. The molecule has 0 saturated heterocycles. The summed E-state index contributed by atoms with van der Waals surface area (Å²) in [6.07, 6.45) is 0. The normalized spacial score (nSPS) is 9.87. The maximum atomic E-state index is 13.5. The first kappa shape index (κ1) is 11.2. The van der Waals surface area contributed by atoms with Gasteiger partial charge in [0.1, 0.15) is 5.75 Å². The largest absolute Gasteiger partial charge is 0.496 e. The van der Waals surface area contributed by atoms with Crippen LogP contribution in [0.2, 0.25) is 0 Å². The Bertz CT molecular complexity index is 406. The lowest BCUT2D eigenvalue weighted by Gasteiger charge is -2.10. The van der Waals surface area contributed by atoms with E-state index in [1.54, 1.807) is 6.92 Å². The lowest BCUT2D eigenvalue weighted by molar-refractivity contribution is -0.387. The molecule has 1 aromatic rings. The summed E-state index contributed by atoms with van der Waals surface area (Å²) in [5, 5.41) is 10.5. The number of benzene rings is 1. The zero-order valence-electron chi connectivity index (χ0n) is 8.54. The van der Waals surface area contributed by atoms with Crippen molar-refractivity contribution in [2.75, 3.05) is 14.2 Å². The molecule has 6 heteroatoms. The summed E-state index contributed by atoms with van der Waals surface area (Å²) in [6.45, 7) is 1.56. The first-order chi connectivity index (χ1) is 7.02. The highest BCUT2D eigenvalue weighted by molar-refractivity contribution is 5.54. The average molecular weight is 215 g/mol. The molecule has 1 aromatic carbocycles. The second kappa shape index (κ2) is 4.12. The van der Waals surface area contributed by atoms with Gasteiger partial charge in [-0.3, -0.25) is 10.1 Å². The summed E-state index contributed by atoms with van der Waals surface area (Å²) in [7, 11) is 2.60. The van der Waals surface area contributed by atoms with Crippen LogP contribution < -0.4 is 9.47 Å². The van der Waals surface area contributed by atoms with E-state index < -0.39 is 16.4 Å². The fourth-order valence-corrected chi connectivity index (χ4v) is 1.28. The lowest BCUT2D eigenvalue weighted by Crippen LogP contribution is -2.00. The molecule has 82 valence electrons. The third-order valence-electron chi connectivity index (χ3n) is 2.02. The van der Waals surface area contributed by atoms with Crippen LogP contribution in [-0.2, 0) is 0 Å². The van der Waals surface area contributed by atoms with Crippen LogP contribution in [0.3, 0.4) is 0 Å². The van der Waals surface area contributed by atoms with Crippen LogP contribution in [0.25, 0.3) is 0 Å². The summed E-state index contributed by atoms with van der Waals surface area (Å²) >= 11 is 0. The average Bonchev–Trinajstić information content (AvgIpc) is 2.18. The number of nitro benzene ring substituents is 1. The smallest absolute Gasteiger partial charge is 0.312 e. The Morgan fingerprint density at radius 1 is 1.40 bits per heavy atom. The summed E-state index contributed by atoms with van der Waals surface area (Å²) in [6, 6.07) is 1.03. The Morgan fingerprint density at radius 3 is 2.40 bits per heavy atom. The fourth-order valence-electron chi connectivity index (χ4n) is 1.28. The van der Waals surface area contributed by atoms with Gasteiger partial charge in [0, 0.05) is 5.56 Å². The minimum absolute atomic E-state index is 0.166. The van der Waals surface area contributed by atoms with Gasteiger partial charge in [-0.25, -0.2) is 0 Å². The van der Waals surface area contributed by atoms with Crippen molar-refractivity contribution in [1.82, 2.24) is 0 Å². The maximum Gasteiger partial charge on any atom is 0.312 e. The third-order valence-corrected chi connectivity index (χ3v) is 2.02. The van der Waals surface area contributed by atoms with Crippen molar-refractivity contribution < 1.29 is 18.8 Å². The molecule has 0 saturated carbocycles. The lowest BCUT2D eigenvalue weighted by atomic mass is 10.1. The Kier molecular flexibility index (Phi) is 3.08. The molecule has 0 aromatic heterocycles. The van der Waals surface area contributed by atoms with Crippen LogP contribution in [0.1, 0.15) is 5.56 Å². The van der Waals surface area contributed by atoms with Gasteiger partial charge in [-0.15, -0.1) is 0 Å². The number of nitrogens with zero attached hydrogens (tertiary/aromatic N) is 1. The van der Waals surface area contributed by atoms with Gasteiger partial charge in [0.15, 0.2) is 5.75 Å². The predicted molar refractivity (Wildman–Crippen MR) is 50.9 cm³/mol. The first-order valence-corrected chi connectivity index (χ1v) is 4.08. The Hall–Kier alpha value is -1.85. The van der Waals surface area contributed by atoms with Gasteiger partial charge in [0.2, 0.25) is 5.82 Å². The zero-order valence-corrected chi connectivity index (χ0v) is 8.54. The Balaban J connectivity index is 3.51. The van der Waals surface area contributed by atoms with E-state index in [1.807, 2.05) is 0 Å². The molecule has 0 aliphatic heterocycles. The van der Waals surface area contributed by atoms with Gasteiger partial charge in [-0.2, -0.15) is 4.39 Å². The van der Waals surface area contributed by atoms with Crippen LogP contribution in [0.4, 0.5) is 10.1 Å². The van der Waals surface area contributed by atoms with Crippen molar-refractivity contribution in [3.63, 3.8) is 0 Å². The quantitative estimate of drug-likeness (QED) is 0.572. The van der Waals surface area contributed by atoms with Gasteiger partial charge in [-0.05, 0) is 6.92 Å². The molecule has 0 spiro atoms. The fraction of sp³-hybridized carbons (Fsp3) is 0.333. The SMILES string of the molecule is COc1cc([N+](=O)[O-])c(F)c(OC)c1C. The highest BCUT2D eigenvalue weighted by Crippen LogP contribution is 2.36. The van der Waals surface area contributed by atoms with Crippen molar-refractivity contribution in [3.8, 4) is 11.5 Å². The van der Waals surface area contributed by atoms with E-state index in [2.05, 4.69) is 0 Å². The van der Waals surface area contributed by atoms with E-state index in [0.717, 1.165) is 6.07 Å². The second-order valence-corrected chi connectivity index (χ2v) is 2.83. The van der Waals surface area contributed by atoms with E-state index in [0.29, 0.717) is 5.56 Å². The molecule has 15 heavy (non-hydrogen) atoms. The topological polar surface area (TPSA) is 61.6 Å². The molecule has 0 atom stereocenters. The molecule has 0 bridgehead atoms. The summed E-state index contributed by atoms with van der Waals surface area (Å²) in [5.41, 5.74) is -0.266. The van der Waals surface area contributed by atoms with Crippen molar-refractivity contribution in [2.45, 2.75) is 6.92 Å². The van der Waals surface area contributed by atoms with Gasteiger partial charge < -0.3 is 9.47 Å². The van der Waals surface area contributed by atoms with Crippen molar-refractivity contribution >= 4 is 5.69 Å². The molecular formula is C9H10FNO4. The van der Waals surface area contributed by atoms with Gasteiger partial charge in [-0.1, -0.05) is 0 Å². The van der Waals surface area contributed by atoms with Crippen molar-refractivity contribution in [3.05, 3.63) is 27.6 Å². The Labute approximate surface area is 85.6 Å². The van der Waals surface area contributed by atoms with Gasteiger partial charge in [0.25, 0.3) is 0 Å². The van der Waals surface area contributed by atoms with Crippen molar-refractivity contribution in [1.29, 1.82) is 0 Å². The number of methoxy groups -OCH3 is 2. The molecule has 0 radical (unpaired) electrons. The minimum atomic E-state index is -0.985. The third kappa shape index (κ3) is 1.83. The number of halogens is 1. The monoisotopic (exact) mass is 215 g/mol. The number of hydrogen-bond acceptors (Lipinski definition) is 4. The molecule has 1 rings (SSSR count). The van der Waals surface area contributed by atoms with Gasteiger partial charge >= 0.3 is 5.69 Å². The number of ether oxygens (including phenoxy) is 2. The van der Waals surface area contributed by atoms with Crippen LogP contribution >= 0.6 is 0 Å². The van der Waals surface area contributed by atoms with Crippen LogP contribution in [0.15, 0.2) is 6.07 Å². The molecular weight excluding hydrogens is 205 g/mol. The summed E-state index contributed by atoms with van der Waals surface area (Å²) in [5.74, 6) is -0.929. The van der Waals surface area contributed by atoms with E-state index in [1.165, 1.54) is 14.2 Å². The standard InChI is InChI=1S/C9H10FNO4/c1-5-7(14-2)4-6(11(12)13)8(10)9(5)15-3/h4H,1-3H3. The molecule has 0 aliphatic rings. The summed E-state index contributed by atoms with van der Waals surface area (Å²) in [4.78, 5) is 9.70. The Morgan fingerprint density at radius 2 is 2.00 bits per heavy atom. The van der Waals surface area contributed by atoms with E-state index in [4.69, 9.17) is 9.47 Å². The van der Waals surface area contributed by atoms with Gasteiger partial charge in [0.05, 0.1) is 25.2 Å². The molecule has 5 nitrogen and oxygen atoms in total. The highest BCUT2D eigenvalue weighted by atomic mass is 19.1. The van der Waals surface area contributed by atoms with E-state index in [-0.39, 0.29) is 11.5 Å². The highest BCUT2D eigenvalue weighted by Gasteiger charge is 2.24. The molecule has 0 fully saturated rings. The number of hydrogen-bond donors (Lipinski definition) is 0. The summed E-state index contributed by atoms with van der Waals surface area (Å²) < 4.78 is 23.1. The van der Waals surface area contributed by atoms with E-state index >= 15 is 0 Å². The molecule has 0 unspecified atom stereocenters. The minimum Gasteiger partial charge on any atom is -0.496 e.